The van der Waals surface area contributed by atoms with E-state index < -0.39 is 0 Å². The first-order valence-corrected chi connectivity index (χ1v) is 20.4. The van der Waals surface area contributed by atoms with Crippen LogP contribution in [0.3, 0.4) is 0 Å². The number of hydrogen-bond donors (Lipinski definition) is 0. The van der Waals surface area contributed by atoms with Gasteiger partial charge in [-0.3, -0.25) is 4.90 Å². The van der Waals surface area contributed by atoms with Crippen molar-refractivity contribution in [1.29, 1.82) is 0 Å². The molecule has 1 aliphatic carbocycles. The molecule has 1 aromatic heterocycles. The molecule has 5 aromatic carbocycles. The molecule has 9 rings (SSSR count). The molecule has 280 valence electrons. The van der Waals surface area contributed by atoms with E-state index in [4.69, 9.17) is 4.42 Å². The predicted molar refractivity (Wildman–Crippen MR) is 237 cm³/mol. The third-order valence-corrected chi connectivity index (χ3v) is 12.9. The highest BCUT2D eigenvalue weighted by atomic mass is 16.4. The minimum absolute atomic E-state index is 0.00592. The second-order valence-electron chi connectivity index (χ2n) is 21.1. The molecule has 3 aliphatic rings. The van der Waals surface area contributed by atoms with Crippen molar-refractivity contribution in [2.45, 2.75) is 124 Å². The Morgan fingerprint density at radius 3 is 1.75 bits per heavy atom. The Labute approximate surface area is 329 Å². The van der Waals surface area contributed by atoms with E-state index in [1.54, 1.807) is 0 Å². The third kappa shape index (κ3) is 5.45. The van der Waals surface area contributed by atoms with Crippen LogP contribution in [0.4, 0.5) is 34.3 Å². The van der Waals surface area contributed by atoms with Crippen LogP contribution in [0, 0.1) is 0 Å². The maximum Gasteiger partial charge on any atom is 0.257 e. The summed E-state index contributed by atoms with van der Waals surface area (Å²) in [6.45, 7) is 30.4. The van der Waals surface area contributed by atoms with Crippen LogP contribution in [-0.2, 0) is 27.1 Å². The van der Waals surface area contributed by atoms with Gasteiger partial charge in [0.2, 0.25) is 5.88 Å². The van der Waals surface area contributed by atoms with E-state index in [-0.39, 0.29) is 33.8 Å². The van der Waals surface area contributed by atoms with Crippen LogP contribution in [0.15, 0.2) is 101 Å². The van der Waals surface area contributed by atoms with Crippen LogP contribution < -0.4 is 26.2 Å². The van der Waals surface area contributed by atoms with Crippen LogP contribution in [0.1, 0.15) is 124 Å². The van der Waals surface area contributed by atoms with Crippen LogP contribution in [0.2, 0.25) is 0 Å². The average Bonchev–Trinajstić information content (AvgIpc) is 3.56. The van der Waals surface area contributed by atoms with Crippen molar-refractivity contribution in [1.82, 2.24) is 0 Å². The molecule has 0 atom stereocenters. The molecule has 2 aliphatic heterocycles. The van der Waals surface area contributed by atoms with E-state index in [1.807, 2.05) is 0 Å². The Kier molecular flexibility index (Phi) is 7.48. The Morgan fingerprint density at radius 1 is 0.527 bits per heavy atom. The molecule has 0 saturated heterocycles. The van der Waals surface area contributed by atoms with Crippen LogP contribution in [0.25, 0.3) is 11.0 Å². The quantitative estimate of drug-likeness (QED) is 0.166. The van der Waals surface area contributed by atoms with Crippen molar-refractivity contribution in [3.63, 3.8) is 0 Å². The smallest absolute Gasteiger partial charge is 0.257 e. The first-order chi connectivity index (χ1) is 25.6. The molecule has 0 bridgehead atoms. The van der Waals surface area contributed by atoms with Gasteiger partial charge in [0.25, 0.3) is 6.71 Å². The molecule has 0 N–H and O–H groups in total. The van der Waals surface area contributed by atoms with E-state index in [9.17, 15) is 0 Å². The van der Waals surface area contributed by atoms with Crippen LogP contribution >= 0.6 is 0 Å². The van der Waals surface area contributed by atoms with E-state index >= 15 is 0 Å². The molecule has 0 unspecified atom stereocenters. The molecule has 0 fully saturated rings. The second-order valence-corrected chi connectivity index (χ2v) is 21.1. The summed E-state index contributed by atoms with van der Waals surface area (Å²) in [5, 5.41) is 1.20. The van der Waals surface area contributed by atoms with E-state index in [1.165, 1.54) is 72.3 Å². The van der Waals surface area contributed by atoms with Gasteiger partial charge in [0.05, 0.1) is 0 Å². The summed E-state index contributed by atoms with van der Waals surface area (Å²) in [6, 6.07) is 37.5. The van der Waals surface area contributed by atoms with Gasteiger partial charge in [0.1, 0.15) is 5.58 Å². The maximum atomic E-state index is 7.17. The zero-order chi connectivity index (χ0) is 39.2. The minimum atomic E-state index is -0.0135. The molecule has 3 nitrogen and oxygen atoms in total. The number of nitrogens with zero attached hydrogens (tertiary/aromatic N) is 2. The number of anilines is 6. The Balaban J connectivity index is 1.38. The summed E-state index contributed by atoms with van der Waals surface area (Å²) in [5.41, 5.74) is 18.0. The highest BCUT2D eigenvalue weighted by Gasteiger charge is 2.48. The van der Waals surface area contributed by atoms with Crippen LogP contribution in [-0.4, -0.2) is 6.71 Å². The highest BCUT2D eigenvalue weighted by Crippen LogP contribution is 2.52. The SMILES string of the molecule is CC(C)(C)c1ccc(N2c3ccc(C(C)(C)C)cc3B3c4c2cccc4N(c2ccc4c(c2)C(C)(C)CC4(C)C)c2oc4ccc(C(C)(C)C)cc4c23)cc1. The maximum absolute atomic E-state index is 7.17. The molecule has 3 heterocycles. The van der Waals surface area contributed by atoms with Crippen molar-refractivity contribution < 1.29 is 4.42 Å². The second kappa shape index (κ2) is 11.4. The Morgan fingerprint density at radius 2 is 1.09 bits per heavy atom. The molecular formula is C51H57BN2O. The van der Waals surface area contributed by atoms with Gasteiger partial charge in [-0.05, 0) is 127 Å². The molecule has 0 spiro atoms. The molecule has 55 heavy (non-hydrogen) atoms. The monoisotopic (exact) mass is 724 g/mol. The summed E-state index contributed by atoms with van der Waals surface area (Å²) < 4.78 is 7.17. The summed E-state index contributed by atoms with van der Waals surface area (Å²) in [5.74, 6) is 0.931. The van der Waals surface area contributed by atoms with Crippen molar-refractivity contribution in [3.8, 4) is 0 Å². The van der Waals surface area contributed by atoms with Gasteiger partial charge in [-0.1, -0.05) is 132 Å². The Hall–Kier alpha value is -4.70. The normalized spacial score (nSPS) is 16.9. The predicted octanol–water partition coefficient (Wildman–Crippen LogP) is 12.4. The fourth-order valence-electron chi connectivity index (χ4n) is 10.2. The lowest BCUT2D eigenvalue weighted by atomic mass is 9.33. The molecule has 0 radical (unpaired) electrons. The van der Waals surface area contributed by atoms with Crippen LogP contribution in [0.5, 0.6) is 0 Å². The first kappa shape index (κ1) is 36.0. The number of fused-ring (bicyclic) bond motifs is 7. The third-order valence-electron chi connectivity index (χ3n) is 12.9. The highest BCUT2D eigenvalue weighted by molar-refractivity contribution is 7.01. The number of furan rings is 1. The number of rotatable bonds is 2. The lowest BCUT2D eigenvalue weighted by Gasteiger charge is -2.43. The number of hydrogen-bond acceptors (Lipinski definition) is 3. The van der Waals surface area contributed by atoms with Gasteiger partial charge in [0.15, 0.2) is 0 Å². The fourth-order valence-corrected chi connectivity index (χ4v) is 10.2. The fraction of sp³-hybridized carbons (Fsp3) is 0.373. The van der Waals surface area contributed by atoms with E-state index in [2.05, 4.69) is 197 Å². The minimum Gasteiger partial charge on any atom is -0.440 e. The van der Waals surface area contributed by atoms with Gasteiger partial charge in [-0.15, -0.1) is 0 Å². The molecule has 0 saturated carbocycles. The average molecular weight is 725 g/mol. The molecule has 6 aromatic rings. The first-order valence-electron chi connectivity index (χ1n) is 20.4. The lowest BCUT2D eigenvalue weighted by molar-refractivity contribution is 0.403. The van der Waals surface area contributed by atoms with Gasteiger partial charge in [0, 0.05) is 39.3 Å². The molecular weight excluding hydrogens is 667 g/mol. The summed E-state index contributed by atoms with van der Waals surface area (Å²) in [7, 11) is 0. The largest absolute Gasteiger partial charge is 0.440 e. The van der Waals surface area contributed by atoms with Gasteiger partial charge < -0.3 is 9.32 Å². The van der Waals surface area contributed by atoms with Gasteiger partial charge in [-0.2, -0.15) is 0 Å². The van der Waals surface area contributed by atoms with E-state index in [0.717, 1.165) is 23.6 Å². The zero-order valence-corrected chi connectivity index (χ0v) is 35.3. The lowest BCUT2D eigenvalue weighted by Crippen LogP contribution is -2.61. The standard InChI is InChI=1S/C51H57BN2O/c1-47(2,3)31-17-21-34(22-18-31)53-40-25-19-33(49(7,8)9)28-39(40)52-44-36-27-32(48(4,5)6)20-26-43(36)55-46(44)54(42-16-14-15-41(53)45(42)52)35-23-24-37-38(29-35)51(12,13)30-50(37,10)11/h14-29H,30H2,1-13H3. The van der Waals surface area contributed by atoms with E-state index in [0.29, 0.717) is 0 Å². The van der Waals surface area contributed by atoms with Crippen molar-refractivity contribution in [2.75, 3.05) is 9.80 Å². The topological polar surface area (TPSA) is 19.6 Å². The van der Waals surface area contributed by atoms with Gasteiger partial charge in [-0.25, -0.2) is 0 Å². The van der Waals surface area contributed by atoms with Crippen molar-refractivity contribution in [2.24, 2.45) is 0 Å². The summed E-state index contributed by atoms with van der Waals surface area (Å²) in [4.78, 5) is 4.96. The van der Waals surface area contributed by atoms with Crippen molar-refractivity contribution >= 4 is 68.4 Å². The van der Waals surface area contributed by atoms with Crippen molar-refractivity contribution in [3.05, 3.63) is 125 Å². The molecule has 0 amide bonds. The molecule has 4 heteroatoms. The summed E-state index contributed by atoms with van der Waals surface area (Å²) in [6.07, 6.45) is 1.13. The number of benzene rings is 5. The summed E-state index contributed by atoms with van der Waals surface area (Å²) >= 11 is 0. The van der Waals surface area contributed by atoms with Gasteiger partial charge >= 0.3 is 0 Å². The Bertz CT molecular complexity index is 2530. The zero-order valence-electron chi connectivity index (χ0n) is 35.3.